The quantitative estimate of drug-likeness (QED) is 0.433. The van der Waals surface area contributed by atoms with E-state index >= 15 is 0 Å². The topological polar surface area (TPSA) is 64.6 Å². The van der Waals surface area contributed by atoms with Crippen LogP contribution >= 0.6 is 33.8 Å². The second-order valence-electron chi connectivity index (χ2n) is 4.77. The van der Waals surface area contributed by atoms with Gasteiger partial charge in [0.15, 0.2) is 4.71 Å². The fourth-order valence-electron chi connectivity index (χ4n) is 2.02. The lowest BCUT2D eigenvalue weighted by molar-refractivity contribution is -0.933. The number of pyridine rings is 1. The molecule has 2 rings (SSSR count). The molecular weight excluding hydrogens is 333 g/mol. The van der Waals surface area contributed by atoms with Crippen molar-refractivity contribution in [2.45, 2.75) is 23.6 Å². The first-order valence-electron chi connectivity index (χ1n) is 6.13. The normalized spacial score (nSPS) is 14.0. The summed E-state index contributed by atoms with van der Waals surface area (Å²) >= 11 is 12.3. The Morgan fingerprint density at radius 3 is 2.48 bits per heavy atom. The number of aryl methyl sites for hydroxylation is 2. The van der Waals surface area contributed by atoms with E-state index < -0.39 is 15.3 Å². The SMILES string of the molecule is Cc1ccc(C)c(C(Cl)S(O)(O)c2c(Cl)ccc[n+]2O)c1. The molecule has 21 heavy (non-hydrogen) atoms. The molecule has 0 aliphatic heterocycles. The molecule has 0 saturated heterocycles. The lowest BCUT2D eigenvalue weighted by Gasteiger charge is -2.33. The van der Waals surface area contributed by atoms with Gasteiger partial charge < -0.3 is 0 Å². The third kappa shape index (κ3) is 3.12. The maximum atomic E-state index is 10.5. The highest BCUT2D eigenvalue weighted by Gasteiger charge is 2.39. The van der Waals surface area contributed by atoms with Crippen molar-refractivity contribution in [3.63, 3.8) is 0 Å². The second-order valence-corrected chi connectivity index (χ2v) is 7.92. The van der Waals surface area contributed by atoms with Gasteiger partial charge in [0.25, 0.3) is 0 Å². The number of hydrogen-bond acceptors (Lipinski definition) is 3. The third-order valence-corrected chi connectivity index (χ3v) is 6.34. The van der Waals surface area contributed by atoms with E-state index in [0.29, 0.717) is 10.3 Å². The van der Waals surface area contributed by atoms with Gasteiger partial charge in [0.2, 0.25) is 6.20 Å². The van der Waals surface area contributed by atoms with E-state index in [1.807, 2.05) is 26.0 Å². The Bertz CT molecular complexity index is 659. The molecule has 1 atom stereocenters. The van der Waals surface area contributed by atoms with E-state index in [1.165, 1.54) is 18.3 Å². The van der Waals surface area contributed by atoms with Crippen LogP contribution < -0.4 is 4.73 Å². The van der Waals surface area contributed by atoms with Crippen molar-refractivity contribution in [2.24, 2.45) is 0 Å². The van der Waals surface area contributed by atoms with Crippen molar-refractivity contribution in [3.05, 3.63) is 58.2 Å². The minimum Gasteiger partial charge on any atom is -0.289 e. The van der Waals surface area contributed by atoms with Crippen LogP contribution in [0.4, 0.5) is 0 Å². The zero-order chi connectivity index (χ0) is 15.8. The van der Waals surface area contributed by atoms with Crippen LogP contribution in [0.15, 0.2) is 41.6 Å². The van der Waals surface area contributed by atoms with Gasteiger partial charge in [0.05, 0.1) is 0 Å². The van der Waals surface area contributed by atoms with E-state index in [-0.39, 0.29) is 10.0 Å². The number of hydrogen-bond donors (Lipinski definition) is 3. The summed E-state index contributed by atoms with van der Waals surface area (Å²) in [6.45, 7) is 3.72. The van der Waals surface area contributed by atoms with Crippen molar-refractivity contribution in [1.29, 1.82) is 0 Å². The maximum Gasteiger partial charge on any atom is 0.364 e. The van der Waals surface area contributed by atoms with Crippen molar-refractivity contribution in [2.75, 3.05) is 0 Å². The Kier molecular flexibility index (Phi) is 4.70. The number of nitrogens with zero attached hydrogens (tertiary/aromatic N) is 1. The van der Waals surface area contributed by atoms with Crippen LogP contribution in [0.1, 0.15) is 21.4 Å². The van der Waals surface area contributed by atoms with Gasteiger partial charge in [0.1, 0.15) is 5.02 Å². The largest absolute Gasteiger partial charge is 0.364 e. The summed E-state index contributed by atoms with van der Waals surface area (Å²) in [6.07, 6.45) is 1.27. The van der Waals surface area contributed by atoms with E-state index in [9.17, 15) is 14.3 Å². The van der Waals surface area contributed by atoms with E-state index in [4.69, 9.17) is 23.2 Å². The molecule has 1 aromatic carbocycles. The Hall–Kier alpha value is -0.980. The molecule has 4 nitrogen and oxygen atoms in total. The van der Waals surface area contributed by atoms with Gasteiger partial charge >= 0.3 is 5.03 Å². The van der Waals surface area contributed by atoms with E-state index in [1.54, 1.807) is 6.07 Å². The van der Waals surface area contributed by atoms with Crippen LogP contribution in [0.3, 0.4) is 0 Å². The summed E-state index contributed by atoms with van der Waals surface area (Å²) in [5.74, 6) is 0. The molecule has 0 aliphatic carbocycles. The molecule has 114 valence electrons. The molecule has 0 spiro atoms. The first-order chi connectivity index (χ1) is 9.75. The zero-order valence-electron chi connectivity index (χ0n) is 11.5. The molecule has 1 unspecified atom stereocenters. The van der Waals surface area contributed by atoms with Gasteiger partial charge in [-0.2, -0.15) is 0 Å². The average Bonchev–Trinajstić information content (AvgIpc) is 2.40. The van der Waals surface area contributed by atoms with Gasteiger partial charge in [-0.25, -0.2) is 0 Å². The molecule has 0 fully saturated rings. The van der Waals surface area contributed by atoms with Crippen LogP contribution in [0.25, 0.3) is 0 Å². The van der Waals surface area contributed by atoms with Crippen LogP contribution in [0.2, 0.25) is 5.02 Å². The molecule has 1 heterocycles. The number of alkyl halides is 1. The van der Waals surface area contributed by atoms with Gasteiger partial charge in [0, 0.05) is 10.8 Å². The number of aromatic nitrogens is 1. The van der Waals surface area contributed by atoms with Gasteiger partial charge in [-0.15, -0.1) is 0 Å². The number of rotatable bonds is 3. The second kappa shape index (κ2) is 6.02. The predicted molar refractivity (Wildman–Crippen MR) is 84.5 cm³/mol. The summed E-state index contributed by atoms with van der Waals surface area (Å²) in [6, 6.07) is 8.51. The molecule has 0 aliphatic rings. The number of benzene rings is 1. The summed E-state index contributed by atoms with van der Waals surface area (Å²) in [5, 5.41) is 9.66. The molecule has 0 radical (unpaired) electrons. The summed E-state index contributed by atoms with van der Waals surface area (Å²) in [7, 11) is -3.55. The Labute approximate surface area is 134 Å². The fourth-order valence-corrected chi connectivity index (χ4v) is 4.50. The standard InChI is InChI=1S/C14H15Cl2NO3S/c1-9-5-6-10(2)11(8-9)13(16)21(19,20)14-12(15)4-3-7-17(14)18/h3-8,13H,1-2H3,(H2-,18,19,20)/p+1. The van der Waals surface area contributed by atoms with E-state index in [0.717, 1.165) is 11.1 Å². The zero-order valence-corrected chi connectivity index (χ0v) is 13.8. The Balaban J connectivity index is 2.55. The maximum absolute atomic E-state index is 10.5. The minimum absolute atomic E-state index is 0.0379. The van der Waals surface area contributed by atoms with Crippen LogP contribution in [0.5, 0.6) is 0 Å². The third-order valence-electron chi connectivity index (χ3n) is 3.13. The van der Waals surface area contributed by atoms with Gasteiger partial charge in [-0.1, -0.05) is 57.6 Å². The first-order valence-corrected chi connectivity index (χ1v) is 8.55. The minimum atomic E-state index is -3.55. The molecule has 7 heteroatoms. The molecule has 1 aromatic heterocycles. The summed E-state index contributed by atoms with van der Waals surface area (Å²) < 4.78 is 20.5. The summed E-state index contributed by atoms with van der Waals surface area (Å²) in [4.78, 5) is 0. The highest BCUT2D eigenvalue weighted by molar-refractivity contribution is 8.25. The van der Waals surface area contributed by atoms with Gasteiger partial charge in [-0.3, -0.25) is 14.3 Å². The van der Waals surface area contributed by atoms with Crippen molar-refractivity contribution < 1.29 is 19.0 Å². The lowest BCUT2D eigenvalue weighted by atomic mass is 10.1. The molecular formula is C14H16Cl2NO3S+. The van der Waals surface area contributed by atoms with Crippen LogP contribution in [-0.4, -0.2) is 14.3 Å². The van der Waals surface area contributed by atoms with Gasteiger partial charge in [-0.05, 0) is 31.0 Å². The lowest BCUT2D eigenvalue weighted by Crippen LogP contribution is -2.36. The van der Waals surface area contributed by atoms with Crippen LogP contribution in [0, 0.1) is 13.8 Å². The number of halogens is 2. The molecule has 2 aromatic rings. The fraction of sp³-hybridized carbons (Fsp3) is 0.214. The molecule has 3 N–H and O–H groups in total. The van der Waals surface area contributed by atoms with Crippen molar-refractivity contribution in [3.8, 4) is 0 Å². The van der Waals surface area contributed by atoms with Crippen LogP contribution in [-0.2, 0) is 0 Å². The van der Waals surface area contributed by atoms with E-state index in [2.05, 4.69) is 0 Å². The Morgan fingerprint density at radius 1 is 1.19 bits per heavy atom. The molecule has 0 bridgehead atoms. The summed E-state index contributed by atoms with van der Waals surface area (Å²) in [5.41, 5.74) is 2.38. The monoisotopic (exact) mass is 348 g/mol. The first kappa shape index (κ1) is 16.4. The average molecular weight is 349 g/mol. The smallest absolute Gasteiger partial charge is 0.289 e. The highest BCUT2D eigenvalue weighted by atomic mass is 35.5. The Morgan fingerprint density at radius 2 is 1.86 bits per heavy atom. The molecule has 0 saturated carbocycles. The van der Waals surface area contributed by atoms with Crippen molar-refractivity contribution in [1.82, 2.24) is 0 Å². The predicted octanol–water partition coefficient (Wildman–Crippen LogP) is 4.53. The highest BCUT2D eigenvalue weighted by Crippen LogP contribution is 2.62. The molecule has 0 amide bonds. The van der Waals surface area contributed by atoms with Crippen molar-refractivity contribution >= 4 is 33.8 Å².